The Morgan fingerprint density at radius 3 is 2.46 bits per heavy atom. The highest BCUT2D eigenvalue weighted by molar-refractivity contribution is 6.30. The summed E-state index contributed by atoms with van der Waals surface area (Å²) in [5, 5.41) is 20.6. The molecule has 2 aromatic carbocycles. The third-order valence-corrected chi connectivity index (χ3v) is 4.17. The minimum Gasteiger partial charge on any atom is -0.481 e. The van der Waals surface area contributed by atoms with Crippen molar-refractivity contribution in [1.29, 1.82) is 0 Å². The van der Waals surface area contributed by atoms with Gasteiger partial charge in [-0.25, -0.2) is 4.98 Å². The molecule has 0 atom stereocenters. The minimum absolute atomic E-state index is 0.0245. The first-order valence-electron chi connectivity index (χ1n) is 7.71. The zero-order chi connectivity index (χ0) is 18.7. The monoisotopic (exact) mass is 371 g/mol. The number of nitro groups is 1. The molecule has 3 rings (SSSR count). The third-order valence-electron chi connectivity index (χ3n) is 3.87. The Labute approximate surface area is 153 Å². The molecule has 0 aliphatic heterocycles. The van der Waals surface area contributed by atoms with Crippen molar-refractivity contribution >= 4 is 23.3 Å². The quantitative estimate of drug-likeness (QED) is 0.525. The van der Waals surface area contributed by atoms with Gasteiger partial charge in [-0.2, -0.15) is 0 Å². The highest BCUT2D eigenvalue weighted by Gasteiger charge is 2.24. The number of nitro benzene ring substituents is 1. The van der Waals surface area contributed by atoms with Crippen LogP contribution in [0.15, 0.2) is 54.6 Å². The van der Waals surface area contributed by atoms with E-state index in [1.54, 1.807) is 22.8 Å². The number of hydrogen-bond acceptors (Lipinski definition) is 4. The average Bonchev–Trinajstić information content (AvgIpc) is 2.91. The van der Waals surface area contributed by atoms with Gasteiger partial charge in [0.2, 0.25) is 0 Å². The molecular formula is C18H14ClN3O4. The standard InChI is InChI=1S/C18H14ClN3O4/c19-17-15(10-16(23)24)21(11-12-6-2-1-3-7-12)18(20-17)13-8-4-5-9-14(13)22(25)26/h1-9H,10-11H2,(H,23,24). The summed E-state index contributed by atoms with van der Waals surface area (Å²) in [5.41, 5.74) is 1.36. The van der Waals surface area contributed by atoms with E-state index in [1.165, 1.54) is 6.07 Å². The van der Waals surface area contributed by atoms with Gasteiger partial charge in [0.05, 0.1) is 22.6 Å². The lowest BCUT2D eigenvalue weighted by molar-refractivity contribution is -0.384. The number of carboxylic acid groups (broad SMARTS) is 1. The van der Waals surface area contributed by atoms with E-state index in [9.17, 15) is 20.0 Å². The SMILES string of the molecule is O=C(O)Cc1c(Cl)nc(-c2ccccc2[N+](=O)[O-])n1Cc1ccccc1. The molecule has 0 saturated carbocycles. The Kier molecular flexibility index (Phi) is 4.99. The second-order valence-electron chi connectivity index (χ2n) is 5.59. The predicted molar refractivity (Wildman–Crippen MR) is 96.2 cm³/mol. The van der Waals surface area contributed by atoms with Gasteiger partial charge in [-0.1, -0.05) is 54.1 Å². The van der Waals surface area contributed by atoms with E-state index >= 15 is 0 Å². The lowest BCUT2D eigenvalue weighted by atomic mass is 10.1. The van der Waals surface area contributed by atoms with Gasteiger partial charge in [0.25, 0.3) is 5.69 Å². The largest absolute Gasteiger partial charge is 0.481 e. The van der Waals surface area contributed by atoms with Crippen molar-refractivity contribution in [2.75, 3.05) is 0 Å². The molecule has 0 saturated heterocycles. The number of imidazole rings is 1. The van der Waals surface area contributed by atoms with E-state index in [0.29, 0.717) is 12.2 Å². The molecule has 0 radical (unpaired) electrons. The fourth-order valence-electron chi connectivity index (χ4n) is 2.73. The van der Waals surface area contributed by atoms with Crippen LogP contribution in [0.3, 0.4) is 0 Å². The number of aliphatic carboxylic acids is 1. The first-order valence-corrected chi connectivity index (χ1v) is 8.09. The lowest BCUT2D eigenvalue weighted by Crippen LogP contribution is -2.11. The number of aromatic nitrogens is 2. The van der Waals surface area contributed by atoms with E-state index in [-0.39, 0.29) is 28.6 Å². The maximum atomic E-state index is 11.4. The molecule has 1 aromatic heterocycles. The molecule has 26 heavy (non-hydrogen) atoms. The summed E-state index contributed by atoms with van der Waals surface area (Å²) in [4.78, 5) is 26.3. The number of rotatable bonds is 6. The number of hydrogen-bond donors (Lipinski definition) is 1. The topological polar surface area (TPSA) is 98.3 Å². The summed E-state index contributed by atoms with van der Waals surface area (Å²) in [5.74, 6) is -0.794. The molecule has 0 unspecified atom stereocenters. The predicted octanol–water partition coefficient (Wildman–Crippen LogP) is 3.79. The fourth-order valence-corrected chi connectivity index (χ4v) is 2.98. The first kappa shape index (κ1) is 17.6. The zero-order valence-electron chi connectivity index (χ0n) is 13.5. The van der Waals surface area contributed by atoms with Crippen molar-refractivity contribution in [3.63, 3.8) is 0 Å². The number of halogens is 1. The number of carbonyl (C=O) groups is 1. The Hall–Kier alpha value is -3.19. The summed E-state index contributed by atoms with van der Waals surface area (Å²) in [6, 6.07) is 15.5. The van der Waals surface area contributed by atoms with E-state index in [4.69, 9.17) is 11.6 Å². The van der Waals surface area contributed by atoms with Gasteiger partial charge < -0.3 is 9.67 Å². The van der Waals surface area contributed by atoms with Gasteiger partial charge in [-0.05, 0) is 11.6 Å². The van der Waals surface area contributed by atoms with Crippen LogP contribution in [0.25, 0.3) is 11.4 Å². The van der Waals surface area contributed by atoms with Crippen molar-refractivity contribution in [3.05, 3.63) is 81.1 Å². The molecule has 1 N–H and O–H groups in total. The summed E-state index contributed by atoms with van der Waals surface area (Å²) in [6.07, 6.45) is -0.334. The average molecular weight is 372 g/mol. The Balaban J connectivity index is 2.19. The number of nitrogens with zero attached hydrogens (tertiary/aromatic N) is 3. The minimum atomic E-state index is -1.06. The maximum Gasteiger partial charge on any atom is 0.309 e. The van der Waals surface area contributed by atoms with Crippen molar-refractivity contribution in [3.8, 4) is 11.4 Å². The van der Waals surface area contributed by atoms with Crippen LogP contribution in [0.1, 0.15) is 11.3 Å². The van der Waals surface area contributed by atoms with Gasteiger partial charge in [-0.3, -0.25) is 14.9 Å². The maximum absolute atomic E-state index is 11.4. The smallest absolute Gasteiger partial charge is 0.309 e. The molecule has 0 bridgehead atoms. The molecule has 0 aliphatic rings. The molecule has 3 aromatic rings. The highest BCUT2D eigenvalue weighted by Crippen LogP contribution is 2.33. The molecule has 0 aliphatic carbocycles. The lowest BCUT2D eigenvalue weighted by Gasteiger charge is -2.12. The Bertz CT molecular complexity index is 970. The second kappa shape index (κ2) is 7.37. The van der Waals surface area contributed by atoms with E-state index in [1.807, 2.05) is 30.3 Å². The Morgan fingerprint density at radius 1 is 1.15 bits per heavy atom. The van der Waals surface area contributed by atoms with Crippen LogP contribution >= 0.6 is 11.6 Å². The van der Waals surface area contributed by atoms with Gasteiger partial charge in [-0.15, -0.1) is 0 Å². The first-order chi connectivity index (χ1) is 12.5. The fraction of sp³-hybridized carbons (Fsp3) is 0.111. The van der Waals surface area contributed by atoms with Gasteiger partial charge in [0.1, 0.15) is 5.82 Å². The third kappa shape index (κ3) is 3.57. The molecule has 0 amide bonds. The molecule has 1 heterocycles. The van der Waals surface area contributed by atoms with Gasteiger partial charge >= 0.3 is 5.97 Å². The number of para-hydroxylation sites is 1. The molecule has 0 spiro atoms. The van der Waals surface area contributed by atoms with Crippen molar-refractivity contribution in [2.24, 2.45) is 0 Å². The molecule has 8 heteroatoms. The van der Waals surface area contributed by atoms with Crippen molar-refractivity contribution in [1.82, 2.24) is 9.55 Å². The van der Waals surface area contributed by atoms with Crippen LogP contribution in [0.4, 0.5) is 5.69 Å². The molecule has 7 nitrogen and oxygen atoms in total. The van der Waals surface area contributed by atoms with E-state index in [0.717, 1.165) is 5.56 Å². The molecular weight excluding hydrogens is 358 g/mol. The van der Waals surface area contributed by atoms with Crippen LogP contribution < -0.4 is 0 Å². The Morgan fingerprint density at radius 2 is 1.81 bits per heavy atom. The summed E-state index contributed by atoms with van der Waals surface area (Å²) in [7, 11) is 0. The summed E-state index contributed by atoms with van der Waals surface area (Å²) >= 11 is 6.18. The van der Waals surface area contributed by atoms with Crippen LogP contribution in [0, 0.1) is 10.1 Å². The normalized spacial score (nSPS) is 10.7. The number of carboxylic acids is 1. The molecule has 132 valence electrons. The number of benzene rings is 2. The van der Waals surface area contributed by atoms with Crippen LogP contribution in [0.5, 0.6) is 0 Å². The van der Waals surface area contributed by atoms with E-state index in [2.05, 4.69) is 4.98 Å². The summed E-state index contributed by atoms with van der Waals surface area (Å²) < 4.78 is 1.62. The van der Waals surface area contributed by atoms with Gasteiger partial charge in [0, 0.05) is 12.6 Å². The zero-order valence-corrected chi connectivity index (χ0v) is 14.3. The second-order valence-corrected chi connectivity index (χ2v) is 5.95. The van der Waals surface area contributed by atoms with Crippen LogP contribution in [-0.2, 0) is 17.8 Å². The molecule has 0 fully saturated rings. The van der Waals surface area contributed by atoms with Crippen LogP contribution in [0.2, 0.25) is 5.15 Å². The van der Waals surface area contributed by atoms with E-state index < -0.39 is 10.9 Å². The van der Waals surface area contributed by atoms with Crippen molar-refractivity contribution in [2.45, 2.75) is 13.0 Å². The summed E-state index contributed by atoms with van der Waals surface area (Å²) in [6.45, 7) is 0.296. The highest BCUT2D eigenvalue weighted by atomic mass is 35.5. The van der Waals surface area contributed by atoms with Crippen LogP contribution in [-0.4, -0.2) is 25.6 Å². The van der Waals surface area contributed by atoms with Crippen molar-refractivity contribution < 1.29 is 14.8 Å². The van der Waals surface area contributed by atoms with Gasteiger partial charge in [0.15, 0.2) is 5.15 Å².